The molecule has 0 radical (unpaired) electrons. The predicted molar refractivity (Wildman–Crippen MR) is 88.1 cm³/mol. The van der Waals surface area contributed by atoms with Crippen LogP contribution in [0.2, 0.25) is 0 Å². The average Bonchev–Trinajstić information content (AvgIpc) is 2.61. The third-order valence-electron chi connectivity index (χ3n) is 4.66. The number of hydrogen-bond acceptors (Lipinski definition) is 3. The SMILES string of the molecule is O=C(c1c(O)cc(F)cc1F)N1CCC(C(O)c2ccccc2)CC1. The molecule has 0 spiro atoms. The van der Waals surface area contributed by atoms with Crippen LogP contribution in [0.4, 0.5) is 8.78 Å². The molecule has 1 fully saturated rings. The summed E-state index contributed by atoms with van der Waals surface area (Å²) in [5.41, 5.74) is 0.318. The van der Waals surface area contributed by atoms with Crippen molar-refractivity contribution in [2.75, 3.05) is 13.1 Å². The van der Waals surface area contributed by atoms with Crippen molar-refractivity contribution >= 4 is 5.91 Å². The number of aliphatic hydroxyl groups excluding tert-OH is 1. The number of aromatic hydroxyl groups is 1. The van der Waals surface area contributed by atoms with Gasteiger partial charge >= 0.3 is 0 Å². The van der Waals surface area contributed by atoms with Gasteiger partial charge in [0.25, 0.3) is 5.91 Å². The lowest BCUT2D eigenvalue weighted by Crippen LogP contribution is -2.40. The molecule has 4 nitrogen and oxygen atoms in total. The molecule has 2 aromatic rings. The zero-order valence-electron chi connectivity index (χ0n) is 13.5. The Morgan fingerprint density at radius 3 is 2.36 bits per heavy atom. The van der Waals surface area contributed by atoms with E-state index < -0.39 is 35.0 Å². The lowest BCUT2D eigenvalue weighted by atomic mass is 9.87. The first-order chi connectivity index (χ1) is 12.0. The van der Waals surface area contributed by atoms with Gasteiger partial charge in [-0.05, 0) is 24.3 Å². The molecule has 2 aromatic carbocycles. The van der Waals surface area contributed by atoms with Crippen LogP contribution < -0.4 is 0 Å². The van der Waals surface area contributed by atoms with Gasteiger partial charge in [0, 0.05) is 25.2 Å². The smallest absolute Gasteiger partial charge is 0.260 e. The summed E-state index contributed by atoms with van der Waals surface area (Å²) in [6, 6.07) is 10.6. The summed E-state index contributed by atoms with van der Waals surface area (Å²) >= 11 is 0. The highest BCUT2D eigenvalue weighted by Crippen LogP contribution is 2.32. The van der Waals surface area contributed by atoms with Gasteiger partial charge in [-0.25, -0.2) is 8.78 Å². The summed E-state index contributed by atoms with van der Waals surface area (Å²) in [6.45, 7) is 0.674. The second-order valence-electron chi connectivity index (χ2n) is 6.27. The van der Waals surface area contributed by atoms with Crippen LogP contribution in [0.15, 0.2) is 42.5 Å². The van der Waals surface area contributed by atoms with E-state index >= 15 is 0 Å². The highest BCUT2D eigenvalue weighted by molar-refractivity contribution is 5.97. The normalized spacial score (nSPS) is 16.7. The molecule has 1 atom stereocenters. The Labute approximate surface area is 144 Å². The number of carbonyl (C=O) groups excluding carboxylic acids is 1. The maximum atomic E-state index is 13.9. The highest BCUT2D eigenvalue weighted by Gasteiger charge is 2.30. The highest BCUT2D eigenvalue weighted by atomic mass is 19.1. The van der Waals surface area contributed by atoms with E-state index in [9.17, 15) is 23.8 Å². The molecule has 1 unspecified atom stereocenters. The van der Waals surface area contributed by atoms with Gasteiger partial charge in [-0.1, -0.05) is 30.3 Å². The molecule has 6 heteroatoms. The number of hydrogen-bond donors (Lipinski definition) is 2. The molecular formula is C19H19F2NO3. The van der Waals surface area contributed by atoms with Crippen LogP contribution in [0, 0.1) is 17.6 Å². The summed E-state index contributed by atoms with van der Waals surface area (Å²) in [6.07, 6.45) is 0.505. The molecule has 1 aliphatic rings. The first-order valence-electron chi connectivity index (χ1n) is 8.17. The molecule has 1 heterocycles. The summed E-state index contributed by atoms with van der Waals surface area (Å²) in [5.74, 6) is -3.38. The molecule has 132 valence electrons. The van der Waals surface area contributed by atoms with Crippen LogP contribution in [0.5, 0.6) is 5.75 Å². The van der Waals surface area contributed by atoms with Crippen LogP contribution in [0.25, 0.3) is 0 Å². The number of halogens is 2. The molecule has 3 rings (SSSR count). The summed E-state index contributed by atoms with van der Waals surface area (Å²) in [4.78, 5) is 13.9. The van der Waals surface area contributed by atoms with Crippen LogP contribution in [0.3, 0.4) is 0 Å². The van der Waals surface area contributed by atoms with Crippen molar-refractivity contribution in [2.24, 2.45) is 5.92 Å². The van der Waals surface area contributed by atoms with E-state index in [-0.39, 0.29) is 5.92 Å². The zero-order chi connectivity index (χ0) is 18.0. The molecule has 0 bridgehead atoms. The van der Waals surface area contributed by atoms with Crippen LogP contribution in [-0.4, -0.2) is 34.1 Å². The number of phenols is 1. The van der Waals surface area contributed by atoms with E-state index in [1.54, 1.807) is 0 Å². The van der Waals surface area contributed by atoms with Gasteiger partial charge in [0.2, 0.25) is 0 Å². The van der Waals surface area contributed by atoms with Crippen molar-refractivity contribution in [3.63, 3.8) is 0 Å². The van der Waals surface area contributed by atoms with Crippen molar-refractivity contribution in [3.05, 3.63) is 65.2 Å². The maximum Gasteiger partial charge on any atom is 0.260 e. The van der Waals surface area contributed by atoms with Crippen molar-refractivity contribution in [1.29, 1.82) is 0 Å². The van der Waals surface area contributed by atoms with Crippen LogP contribution in [0.1, 0.15) is 34.9 Å². The Morgan fingerprint density at radius 2 is 1.76 bits per heavy atom. The number of likely N-dealkylation sites (tertiary alicyclic amines) is 1. The maximum absolute atomic E-state index is 13.9. The van der Waals surface area contributed by atoms with Gasteiger partial charge in [0.05, 0.1) is 6.10 Å². The van der Waals surface area contributed by atoms with Crippen molar-refractivity contribution in [2.45, 2.75) is 18.9 Å². The third-order valence-corrected chi connectivity index (χ3v) is 4.66. The van der Waals surface area contributed by atoms with Gasteiger partial charge in [0.15, 0.2) is 0 Å². The molecule has 1 saturated heterocycles. The van der Waals surface area contributed by atoms with E-state index in [0.29, 0.717) is 32.0 Å². The van der Waals surface area contributed by atoms with E-state index in [1.807, 2.05) is 30.3 Å². The van der Waals surface area contributed by atoms with Crippen molar-refractivity contribution in [1.82, 2.24) is 4.90 Å². The van der Waals surface area contributed by atoms with Gasteiger partial charge in [-0.3, -0.25) is 4.79 Å². The van der Waals surface area contributed by atoms with Gasteiger partial charge < -0.3 is 15.1 Å². The Morgan fingerprint density at radius 1 is 1.12 bits per heavy atom. The molecule has 1 amide bonds. The van der Waals surface area contributed by atoms with Crippen molar-refractivity contribution < 1.29 is 23.8 Å². The fourth-order valence-corrected chi connectivity index (χ4v) is 3.27. The minimum absolute atomic E-state index is 0.00175. The number of amides is 1. The minimum atomic E-state index is -1.08. The van der Waals surface area contributed by atoms with E-state index in [2.05, 4.69) is 0 Å². The van der Waals surface area contributed by atoms with Gasteiger partial charge in [-0.2, -0.15) is 0 Å². The molecule has 0 saturated carbocycles. The molecule has 1 aliphatic heterocycles. The Balaban J connectivity index is 1.67. The molecule has 2 N–H and O–H groups in total. The second kappa shape index (κ2) is 7.19. The lowest BCUT2D eigenvalue weighted by Gasteiger charge is -2.34. The monoisotopic (exact) mass is 347 g/mol. The largest absolute Gasteiger partial charge is 0.507 e. The van der Waals surface area contributed by atoms with E-state index in [0.717, 1.165) is 11.6 Å². The standard InChI is InChI=1S/C19H19F2NO3/c20-14-10-15(21)17(16(23)11-14)19(25)22-8-6-13(7-9-22)18(24)12-4-2-1-3-5-12/h1-5,10-11,13,18,23-24H,6-9H2. The molecular weight excluding hydrogens is 328 g/mol. The van der Waals surface area contributed by atoms with Crippen LogP contribution in [-0.2, 0) is 0 Å². The quantitative estimate of drug-likeness (QED) is 0.896. The number of rotatable bonds is 3. The third kappa shape index (κ3) is 3.64. The molecule has 0 aromatic heterocycles. The van der Waals surface area contributed by atoms with Crippen LogP contribution >= 0.6 is 0 Å². The van der Waals surface area contributed by atoms with Gasteiger partial charge in [-0.15, -0.1) is 0 Å². The minimum Gasteiger partial charge on any atom is -0.507 e. The number of piperidine rings is 1. The Hall–Kier alpha value is -2.47. The Bertz CT molecular complexity index is 736. The number of nitrogens with zero attached hydrogens (tertiary/aromatic N) is 1. The predicted octanol–water partition coefficient (Wildman–Crippen LogP) is 3.26. The molecule has 0 aliphatic carbocycles. The molecule has 25 heavy (non-hydrogen) atoms. The second-order valence-corrected chi connectivity index (χ2v) is 6.27. The number of phenolic OH excluding ortho intramolecular Hbond substituents is 1. The van der Waals surface area contributed by atoms with E-state index in [4.69, 9.17) is 0 Å². The van der Waals surface area contributed by atoms with Crippen molar-refractivity contribution in [3.8, 4) is 5.75 Å². The number of carbonyl (C=O) groups is 1. The summed E-state index contributed by atoms with van der Waals surface area (Å²) in [7, 11) is 0. The fourth-order valence-electron chi connectivity index (χ4n) is 3.27. The average molecular weight is 347 g/mol. The fraction of sp³-hybridized carbons (Fsp3) is 0.316. The summed E-state index contributed by atoms with van der Waals surface area (Å²) in [5, 5.41) is 20.2. The lowest BCUT2D eigenvalue weighted by molar-refractivity contribution is 0.0457. The van der Waals surface area contributed by atoms with Gasteiger partial charge in [0.1, 0.15) is 22.9 Å². The number of benzene rings is 2. The Kier molecular flexibility index (Phi) is 4.99. The first kappa shape index (κ1) is 17.4. The summed E-state index contributed by atoms with van der Waals surface area (Å²) < 4.78 is 26.9. The first-order valence-corrected chi connectivity index (χ1v) is 8.17. The van der Waals surface area contributed by atoms with E-state index in [1.165, 1.54) is 4.90 Å². The topological polar surface area (TPSA) is 60.8 Å². The zero-order valence-corrected chi connectivity index (χ0v) is 13.5. The number of aliphatic hydroxyl groups is 1.